The third kappa shape index (κ3) is 3.28. The molecule has 2 fully saturated rings. The highest BCUT2D eigenvalue weighted by molar-refractivity contribution is 5.99. The summed E-state index contributed by atoms with van der Waals surface area (Å²) in [6.45, 7) is 2.07. The van der Waals surface area contributed by atoms with E-state index in [2.05, 4.69) is 46.8 Å². The van der Waals surface area contributed by atoms with Crippen LogP contribution >= 0.6 is 0 Å². The van der Waals surface area contributed by atoms with E-state index < -0.39 is 0 Å². The summed E-state index contributed by atoms with van der Waals surface area (Å²) in [7, 11) is 5.47. The summed E-state index contributed by atoms with van der Waals surface area (Å²) in [5.74, 6) is 1.74. The Balaban J connectivity index is 1.67. The van der Waals surface area contributed by atoms with E-state index in [-0.39, 0.29) is 5.97 Å². The number of hydrogen-bond acceptors (Lipinski definition) is 4. The molecule has 0 amide bonds. The molecular formula is C29H34N2O3. The average molecular weight is 459 g/mol. The molecule has 3 heterocycles. The van der Waals surface area contributed by atoms with Crippen molar-refractivity contribution in [2.24, 2.45) is 5.92 Å². The van der Waals surface area contributed by atoms with Crippen molar-refractivity contribution < 1.29 is 14.3 Å². The summed E-state index contributed by atoms with van der Waals surface area (Å²) in [6, 6.07) is 13.2. The molecule has 2 atom stereocenters. The topological polar surface area (TPSA) is 43.7 Å². The first-order valence-electron chi connectivity index (χ1n) is 12.7. The summed E-state index contributed by atoms with van der Waals surface area (Å²) in [6.07, 6.45) is 7.57. The zero-order valence-corrected chi connectivity index (χ0v) is 20.5. The van der Waals surface area contributed by atoms with Crippen molar-refractivity contribution in [1.29, 1.82) is 0 Å². The Labute approximate surface area is 201 Å². The highest BCUT2D eigenvalue weighted by Crippen LogP contribution is 2.51. The number of nitrogens with zero attached hydrogens (tertiary/aromatic N) is 2. The van der Waals surface area contributed by atoms with Gasteiger partial charge in [0.15, 0.2) is 0 Å². The minimum atomic E-state index is -0.270. The molecule has 1 aromatic heterocycles. The Morgan fingerprint density at radius 3 is 2.59 bits per heavy atom. The van der Waals surface area contributed by atoms with Gasteiger partial charge in [0.2, 0.25) is 0 Å². The Morgan fingerprint density at radius 2 is 1.82 bits per heavy atom. The van der Waals surface area contributed by atoms with Crippen LogP contribution in [0.25, 0.3) is 22.2 Å². The standard InChI is InChI=1S/C29H34N2O3/c1-30-14-13-20-17-31-25-15-19(29(32)34-3)9-11-23(25)26(18-7-5-4-6-8-18)28(31)22-12-10-21(33-2)16-24(22)27(20)30/h9-12,15-16,18,20,27H,4-8,13-14,17H2,1-3H3/t20-,27-/m0/s1. The van der Waals surface area contributed by atoms with E-state index in [4.69, 9.17) is 9.47 Å². The van der Waals surface area contributed by atoms with Crippen LogP contribution in [-0.4, -0.2) is 43.2 Å². The fraction of sp³-hybridized carbons (Fsp3) is 0.483. The van der Waals surface area contributed by atoms with Crippen molar-refractivity contribution in [2.75, 3.05) is 27.8 Å². The van der Waals surface area contributed by atoms with Crippen LogP contribution in [0.2, 0.25) is 0 Å². The van der Waals surface area contributed by atoms with E-state index in [0.29, 0.717) is 23.4 Å². The maximum Gasteiger partial charge on any atom is 0.337 e. The van der Waals surface area contributed by atoms with E-state index in [0.717, 1.165) is 18.8 Å². The molecule has 3 aromatic rings. The lowest BCUT2D eigenvalue weighted by Gasteiger charge is -2.26. The predicted octanol–water partition coefficient (Wildman–Crippen LogP) is 6.16. The number of likely N-dealkylation sites (tertiary alicyclic amines) is 1. The molecule has 5 heteroatoms. The lowest BCUT2D eigenvalue weighted by Crippen LogP contribution is -2.22. The number of esters is 1. The Kier molecular flexibility index (Phi) is 5.40. The number of hydrogen-bond donors (Lipinski definition) is 0. The maximum absolute atomic E-state index is 12.4. The van der Waals surface area contributed by atoms with Gasteiger partial charge in [-0.3, -0.25) is 4.90 Å². The van der Waals surface area contributed by atoms with Crippen LogP contribution in [0.1, 0.15) is 72.0 Å². The second-order valence-corrected chi connectivity index (χ2v) is 10.4. The van der Waals surface area contributed by atoms with Gasteiger partial charge in [-0.25, -0.2) is 4.79 Å². The molecule has 1 aliphatic carbocycles. The van der Waals surface area contributed by atoms with Crippen molar-refractivity contribution >= 4 is 16.9 Å². The smallest absolute Gasteiger partial charge is 0.337 e. The van der Waals surface area contributed by atoms with Gasteiger partial charge in [0.25, 0.3) is 0 Å². The normalized spacial score (nSPS) is 22.7. The monoisotopic (exact) mass is 458 g/mol. The zero-order chi connectivity index (χ0) is 23.4. The van der Waals surface area contributed by atoms with Gasteiger partial charge < -0.3 is 14.0 Å². The molecule has 2 aromatic carbocycles. The first-order chi connectivity index (χ1) is 16.6. The molecule has 1 saturated heterocycles. The molecule has 1 saturated carbocycles. The quantitative estimate of drug-likeness (QED) is 0.441. The molecule has 6 rings (SSSR count). The van der Waals surface area contributed by atoms with Crippen LogP contribution in [0.4, 0.5) is 0 Å². The minimum Gasteiger partial charge on any atom is -0.497 e. The molecule has 2 aliphatic heterocycles. The lowest BCUT2D eigenvalue weighted by atomic mass is 9.81. The van der Waals surface area contributed by atoms with Crippen LogP contribution in [-0.2, 0) is 11.3 Å². The van der Waals surface area contributed by atoms with Gasteiger partial charge >= 0.3 is 5.97 Å². The number of rotatable bonds is 3. The van der Waals surface area contributed by atoms with Gasteiger partial charge in [-0.05, 0) is 86.1 Å². The van der Waals surface area contributed by atoms with Crippen molar-refractivity contribution in [3.8, 4) is 17.0 Å². The van der Waals surface area contributed by atoms with Crippen LogP contribution < -0.4 is 4.74 Å². The number of ether oxygens (including phenoxy) is 2. The lowest BCUT2D eigenvalue weighted by molar-refractivity contribution is 0.0601. The minimum absolute atomic E-state index is 0.270. The Bertz CT molecular complexity index is 1250. The summed E-state index contributed by atoms with van der Waals surface area (Å²) in [4.78, 5) is 15.0. The molecule has 0 spiro atoms. The Morgan fingerprint density at radius 1 is 1.00 bits per heavy atom. The third-order valence-corrected chi connectivity index (χ3v) is 8.56. The van der Waals surface area contributed by atoms with Crippen molar-refractivity contribution in [3.05, 3.63) is 53.1 Å². The first-order valence-corrected chi connectivity index (χ1v) is 12.7. The fourth-order valence-corrected chi connectivity index (χ4v) is 6.98. The maximum atomic E-state index is 12.4. The van der Waals surface area contributed by atoms with Gasteiger partial charge in [0, 0.05) is 29.1 Å². The van der Waals surface area contributed by atoms with Crippen LogP contribution in [0, 0.1) is 5.92 Å². The molecule has 0 N–H and O–H groups in total. The highest BCUT2D eigenvalue weighted by atomic mass is 16.5. The van der Waals surface area contributed by atoms with E-state index in [1.807, 2.05) is 6.07 Å². The highest BCUT2D eigenvalue weighted by Gasteiger charge is 2.40. The van der Waals surface area contributed by atoms with Gasteiger partial charge in [0.05, 0.1) is 25.5 Å². The van der Waals surface area contributed by atoms with E-state index in [9.17, 15) is 4.79 Å². The predicted molar refractivity (Wildman–Crippen MR) is 135 cm³/mol. The SMILES string of the molecule is COC(=O)c1ccc2c(C3CCCCC3)c3n(c2c1)C[C@@H]1CCN(C)[C@@H]1c1cc(OC)ccc1-3. The number of methoxy groups -OCH3 is 2. The third-order valence-electron chi connectivity index (χ3n) is 8.56. The van der Waals surface area contributed by atoms with Crippen LogP contribution in [0.5, 0.6) is 5.75 Å². The summed E-state index contributed by atoms with van der Waals surface area (Å²) in [5, 5.41) is 1.31. The van der Waals surface area contributed by atoms with Crippen LogP contribution in [0.15, 0.2) is 36.4 Å². The van der Waals surface area contributed by atoms with Gasteiger partial charge in [0.1, 0.15) is 5.75 Å². The Hall–Kier alpha value is -2.79. The molecule has 178 valence electrons. The largest absolute Gasteiger partial charge is 0.497 e. The molecule has 3 aliphatic rings. The number of carbonyl (C=O) groups is 1. The van der Waals surface area contributed by atoms with Gasteiger partial charge in [-0.2, -0.15) is 0 Å². The number of carbonyl (C=O) groups excluding carboxylic acids is 1. The molecule has 0 unspecified atom stereocenters. The summed E-state index contributed by atoms with van der Waals surface area (Å²) >= 11 is 0. The first kappa shape index (κ1) is 21.7. The van der Waals surface area contributed by atoms with Gasteiger partial charge in [-0.1, -0.05) is 25.3 Å². The second kappa shape index (κ2) is 8.46. The second-order valence-electron chi connectivity index (χ2n) is 10.4. The zero-order valence-electron chi connectivity index (χ0n) is 20.5. The van der Waals surface area contributed by atoms with Crippen molar-refractivity contribution in [1.82, 2.24) is 9.47 Å². The van der Waals surface area contributed by atoms with Crippen LogP contribution in [0.3, 0.4) is 0 Å². The molecule has 34 heavy (non-hydrogen) atoms. The van der Waals surface area contributed by atoms with E-state index in [1.54, 1.807) is 7.11 Å². The summed E-state index contributed by atoms with van der Waals surface area (Å²) < 4.78 is 13.3. The van der Waals surface area contributed by atoms with E-state index >= 15 is 0 Å². The molecule has 0 bridgehead atoms. The summed E-state index contributed by atoms with van der Waals surface area (Å²) in [5.41, 5.74) is 7.37. The molecule has 5 nitrogen and oxygen atoms in total. The number of benzene rings is 2. The van der Waals surface area contributed by atoms with Gasteiger partial charge in [-0.15, -0.1) is 0 Å². The molecular weight excluding hydrogens is 424 g/mol. The molecule has 0 radical (unpaired) electrons. The number of aromatic nitrogens is 1. The van der Waals surface area contributed by atoms with E-state index in [1.165, 1.54) is 78.9 Å². The fourth-order valence-electron chi connectivity index (χ4n) is 6.98. The average Bonchev–Trinajstić information content (AvgIpc) is 3.36. The van der Waals surface area contributed by atoms with Crippen molar-refractivity contribution in [2.45, 2.75) is 57.0 Å². The number of fused-ring (bicyclic) bond motifs is 7. The van der Waals surface area contributed by atoms with Crippen molar-refractivity contribution in [3.63, 3.8) is 0 Å².